The van der Waals surface area contributed by atoms with Gasteiger partial charge in [0.1, 0.15) is 5.76 Å². The molecule has 0 aliphatic carbocycles. The summed E-state index contributed by atoms with van der Waals surface area (Å²) >= 11 is 0. The van der Waals surface area contributed by atoms with Crippen molar-refractivity contribution >= 4 is 17.9 Å². The van der Waals surface area contributed by atoms with Gasteiger partial charge in [0.25, 0.3) is 5.91 Å². The summed E-state index contributed by atoms with van der Waals surface area (Å²) in [6.07, 6.45) is 2.72. The highest BCUT2D eigenvalue weighted by Crippen LogP contribution is 2.07. The van der Waals surface area contributed by atoms with Crippen LogP contribution in [-0.4, -0.2) is 36.6 Å². The van der Waals surface area contributed by atoms with Crippen molar-refractivity contribution in [3.8, 4) is 5.88 Å². The Balaban J connectivity index is 1.71. The molecule has 24 heavy (non-hydrogen) atoms. The van der Waals surface area contributed by atoms with E-state index in [1.54, 1.807) is 12.1 Å². The smallest absolute Gasteiger partial charge is 0.340 e. The molecule has 0 saturated carbocycles. The lowest BCUT2D eigenvalue weighted by Crippen LogP contribution is -2.41. The Kier molecular flexibility index (Phi) is 5.89. The standard InChI is InChI=1S/C15H15N3O6/c1-22-13-5-4-10(7-16-13)14(20)24-9-12(19)18-15(21)17-8-11-3-2-6-23-11/h2-7H,8-9H2,1H3,(H2,17,18,19,21). The van der Waals surface area contributed by atoms with Crippen LogP contribution in [0.5, 0.6) is 5.88 Å². The van der Waals surface area contributed by atoms with E-state index in [1.807, 2.05) is 5.32 Å². The van der Waals surface area contributed by atoms with Crippen molar-refractivity contribution < 1.29 is 28.3 Å². The van der Waals surface area contributed by atoms with Gasteiger partial charge in [-0.2, -0.15) is 0 Å². The van der Waals surface area contributed by atoms with Crippen LogP contribution in [0.25, 0.3) is 0 Å². The third-order valence-electron chi connectivity index (χ3n) is 2.77. The predicted molar refractivity (Wildman–Crippen MR) is 80.2 cm³/mol. The van der Waals surface area contributed by atoms with Gasteiger partial charge in [-0.05, 0) is 18.2 Å². The first-order chi connectivity index (χ1) is 11.6. The molecule has 3 amide bonds. The van der Waals surface area contributed by atoms with Crippen LogP contribution < -0.4 is 15.4 Å². The number of amides is 3. The summed E-state index contributed by atoms with van der Waals surface area (Å²) in [6.45, 7) is -0.470. The number of methoxy groups -OCH3 is 1. The molecular weight excluding hydrogens is 318 g/mol. The maximum absolute atomic E-state index is 11.7. The van der Waals surface area contributed by atoms with E-state index in [9.17, 15) is 14.4 Å². The molecule has 0 aliphatic heterocycles. The summed E-state index contributed by atoms with van der Waals surface area (Å²) in [5.74, 6) is -0.619. The molecule has 2 aromatic heterocycles. The van der Waals surface area contributed by atoms with Gasteiger partial charge in [0.2, 0.25) is 5.88 Å². The van der Waals surface area contributed by atoms with Gasteiger partial charge in [0.15, 0.2) is 6.61 Å². The molecule has 0 bridgehead atoms. The molecule has 0 fully saturated rings. The predicted octanol–water partition coefficient (Wildman–Crippen LogP) is 0.866. The fraction of sp³-hybridized carbons (Fsp3) is 0.200. The minimum Gasteiger partial charge on any atom is -0.481 e. The van der Waals surface area contributed by atoms with Crippen LogP contribution in [-0.2, 0) is 16.1 Å². The largest absolute Gasteiger partial charge is 0.481 e. The Morgan fingerprint density at radius 3 is 2.71 bits per heavy atom. The van der Waals surface area contributed by atoms with Gasteiger partial charge in [0, 0.05) is 12.3 Å². The number of carbonyl (C=O) groups excluding carboxylic acids is 3. The Morgan fingerprint density at radius 2 is 2.08 bits per heavy atom. The average molecular weight is 333 g/mol. The van der Waals surface area contributed by atoms with Gasteiger partial charge in [0.05, 0.1) is 25.5 Å². The van der Waals surface area contributed by atoms with Gasteiger partial charge < -0.3 is 19.2 Å². The van der Waals surface area contributed by atoms with Crippen molar-refractivity contribution in [2.24, 2.45) is 0 Å². The van der Waals surface area contributed by atoms with E-state index in [0.29, 0.717) is 11.6 Å². The number of carbonyl (C=O) groups is 3. The molecule has 0 saturated heterocycles. The number of aromatic nitrogens is 1. The summed E-state index contributed by atoms with van der Waals surface area (Å²) in [4.78, 5) is 38.6. The van der Waals surface area contributed by atoms with Gasteiger partial charge in [-0.25, -0.2) is 14.6 Å². The van der Waals surface area contributed by atoms with Crippen molar-refractivity contribution in [2.75, 3.05) is 13.7 Å². The molecule has 0 radical (unpaired) electrons. The lowest BCUT2D eigenvalue weighted by molar-refractivity contribution is -0.123. The monoisotopic (exact) mass is 333 g/mol. The number of nitrogens with one attached hydrogen (secondary N) is 2. The number of hydrogen-bond donors (Lipinski definition) is 2. The van der Waals surface area contributed by atoms with Crippen molar-refractivity contribution in [1.29, 1.82) is 0 Å². The van der Waals surface area contributed by atoms with Crippen LogP contribution in [0.1, 0.15) is 16.1 Å². The summed E-state index contributed by atoms with van der Waals surface area (Å²) in [5, 5.41) is 4.44. The summed E-state index contributed by atoms with van der Waals surface area (Å²) in [7, 11) is 1.45. The molecule has 0 atom stereocenters. The van der Waals surface area contributed by atoms with Crippen LogP contribution >= 0.6 is 0 Å². The maximum atomic E-state index is 11.7. The number of hydrogen-bond acceptors (Lipinski definition) is 7. The van der Waals surface area contributed by atoms with E-state index in [1.165, 1.54) is 31.7 Å². The van der Waals surface area contributed by atoms with Gasteiger partial charge in [-0.15, -0.1) is 0 Å². The number of nitrogens with zero attached hydrogens (tertiary/aromatic N) is 1. The zero-order valence-electron chi connectivity index (χ0n) is 12.8. The lowest BCUT2D eigenvalue weighted by Gasteiger charge is -2.07. The molecule has 2 aromatic rings. The van der Waals surface area contributed by atoms with Crippen LogP contribution in [0.2, 0.25) is 0 Å². The number of ether oxygens (including phenoxy) is 2. The fourth-order valence-electron chi connectivity index (χ4n) is 1.62. The zero-order chi connectivity index (χ0) is 17.4. The minimum atomic E-state index is -0.762. The second-order valence-electron chi connectivity index (χ2n) is 4.48. The van der Waals surface area contributed by atoms with Crippen molar-refractivity contribution in [1.82, 2.24) is 15.6 Å². The van der Waals surface area contributed by atoms with Gasteiger partial charge in [-0.1, -0.05) is 0 Å². The van der Waals surface area contributed by atoms with Gasteiger partial charge in [-0.3, -0.25) is 10.1 Å². The number of pyridine rings is 1. The molecule has 2 N–H and O–H groups in total. The Hall–Kier alpha value is -3.36. The highest BCUT2D eigenvalue weighted by Gasteiger charge is 2.13. The van der Waals surface area contributed by atoms with Crippen LogP contribution in [0.4, 0.5) is 4.79 Å². The summed E-state index contributed by atoms with van der Waals surface area (Å²) in [5.41, 5.74) is 0.158. The van der Waals surface area contributed by atoms with E-state index >= 15 is 0 Å². The summed E-state index contributed by atoms with van der Waals surface area (Å²) in [6, 6.07) is 5.56. The molecule has 0 unspecified atom stereocenters. The molecular formula is C15H15N3O6. The van der Waals surface area contributed by atoms with Crippen molar-refractivity contribution in [2.45, 2.75) is 6.54 Å². The number of furan rings is 1. The minimum absolute atomic E-state index is 0.128. The number of esters is 1. The molecule has 126 valence electrons. The third-order valence-corrected chi connectivity index (χ3v) is 2.77. The Labute approximate surface area is 137 Å². The van der Waals surface area contributed by atoms with E-state index in [-0.39, 0.29) is 12.1 Å². The fourth-order valence-corrected chi connectivity index (χ4v) is 1.62. The zero-order valence-corrected chi connectivity index (χ0v) is 12.8. The molecule has 0 aromatic carbocycles. The molecule has 2 heterocycles. The molecule has 9 nitrogen and oxygen atoms in total. The number of urea groups is 1. The SMILES string of the molecule is COc1ccc(C(=O)OCC(=O)NC(=O)NCc2ccco2)cn1. The molecule has 2 rings (SSSR count). The lowest BCUT2D eigenvalue weighted by atomic mass is 10.3. The normalized spacial score (nSPS) is 9.88. The first kappa shape index (κ1) is 17.0. The molecule has 0 spiro atoms. The highest BCUT2D eigenvalue weighted by atomic mass is 16.5. The van der Waals surface area contributed by atoms with E-state index in [2.05, 4.69) is 10.3 Å². The quantitative estimate of drug-likeness (QED) is 0.752. The van der Waals surface area contributed by atoms with E-state index in [4.69, 9.17) is 13.9 Å². The Morgan fingerprint density at radius 1 is 1.25 bits per heavy atom. The number of imide groups is 1. The second-order valence-corrected chi connectivity index (χ2v) is 4.48. The van der Waals surface area contributed by atoms with Gasteiger partial charge >= 0.3 is 12.0 Å². The van der Waals surface area contributed by atoms with Crippen molar-refractivity contribution in [3.63, 3.8) is 0 Å². The van der Waals surface area contributed by atoms with Crippen molar-refractivity contribution in [3.05, 3.63) is 48.0 Å². The average Bonchev–Trinajstić information content (AvgIpc) is 3.11. The second kappa shape index (κ2) is 8.32. The maximum Gasteiger partial charge on any atom is 0.340 e. The topological polar surface area (TPSA) is 120 Å². The van der Waals surface area contributed by atoms with E-state index in [0.717, 1.165) is 0 Å². The molecule has 0 aliphatic rings. The third kappa shape index (κ3) is 5.13. The Bertz CT molecular complexity index is 697. The number of rotatable bonds is 6. The molecule has 9 heteroatoms. The van der Waals surface area contributed by atoms with E-state index < -0.39 is 24.5 Å². The summed E-state index contributed by atoms with van der Waals surface area (Å²) < 4.78 is 14.7. The van der Waals surface area contributed by atoms with Crippen LogP contribution in [0.3, 0.4) is 0 Å². The first-order valence-corrected chi connectivity index (χ1v) is 6.85. The van der Waals surface area contributed by atoms with Crippen LogP contribution in [0, 0.1) is 0 Å². The highest BCUT2D eigenvalue weighted by molar-refractivity contribution is 5.96. The first-order valence-electron chi connectivity index (χ1n) is 6.85. The van der Waals surface area contributed by atoms with Crippen LogP contribution in [0.15, 0.2) is 41.1 Å².